The fraction of sp³-hybridized carbons (Fsp3) is 0.333. The maximum absolute atomic E-state index is 11.4. The van der Waals surface area contributed by atoms with Crippen LogP contribution in [0.1, 0.15) is 6.92 Å². The number of aliphatic carboxylic acids is 1. The zero-order valence-corrected chi connectivity index (χ0v) is 10.9. The summed E-state index contributed by atoms with van der Waals surface area (Å²) in [5.74, 6) is -1.81. The van der Waals surface area contributed by atoms with E-state index < -0.39 is 29.2 Å². The Morgan fingerprint density at radius 3 is 2.67 bits per heavy atom. The van der Waals surface area contributed by atoms with Crippen molar-refractivity contribution in [1.82, 2.24) is 14.9 Å². The Labute approximate surface area is 109 Å². The molecule has 1 heterocycles. The molecule has 1 amide bonds. The van der Waals surface area contributed by atoms with E-state index in [2.05, 4.69) is 21.2 Å². The lowest BCUT2D eigenvalue weighted by molar-refractivity contribution is -0.142. The molecule has 0 spiro atoms. The number of hydrogen-bond donors (Lipinski definition) is 3. The van der Waals surface area contributed by atoms with Gasteiger partial charge in [0.25, 0.3) is 5.56 Å². The van der Waals surface area contributed by atoms with Gasteiger partial charge in [0, 0.05) is 13.1 Å². The zero-order valence-electron chi connectivity index (χ0n) is 9.27. The minimum atomic E-state index is -1.28. The number of nitrogens with one attached hydrogen (secondary N) is 2. The number of nitrogens with zero attached hydrogens (tertiary/aromatic N) is 1. The van der Waals surface area contributed by atoms with E-state index in [9.17, 15) is 19.2 Å². The first-order valence-electron chi connectivity index (χ1n) is 4.80. The molecule has 8 nitrogen and oxygen atoms in total. The molecule has 1 aromatic heterocycles. The van der Waals surface area contributed by atoms with Crippen molar-refractivity contribution in [3.63, 3.8) is 0 Å². The van der Waals surface area contributed by atoms with Gasteiger partial charge in [0.05, 0.1) is 11.0 Å². The lowest BCUT2D eigenvalue weighted by Gasteiger charge is -2.14. The molecule has 18 heavy (non-hydrogen) atoms. The number of carbonyl (C=O) groups excluding carboxylic acids is 1. The van der Waals surface area contributed by atoms with Crippen molar-refractivity contribution in [1.29, 1.82) is 0 Å². The van der Waals surface area contributed by atoms with E-state index >= 15 is 0 Å². The molecule has 0 radical (unpaired) electrons. The smallest absolute Gasteiger partial charge is 0.328 e. The van der Waals surface area contributed by atoms with Gasteiger partial charge in [-0.3, -0.25) is 19.1 Å². The summed E-state index contributed by atoms with van der Waals surface area (Å²) < 4.78 is 1.08. The van der Waals surface area contributed by atoms with Crippen molar-refractivity contribution in [3.05, 3.63) is 31.5 Å². The zero-order chi connectivity index (χ0) is 13.9. The number of halogens is 1. The van der Waals surface area contributed by atoms with Crippen molar-refractivity contribution >= 4 is 27.8 Å². The predicted octanol–water partition coefficient (Wildman–Crippen LogP) is -1.11. The van der Waals surface area contributed by atoms with Gasteiger partial charge >= 0.3 is 11.7 Å². The van der Waals surface area contributed by atoms with Crippen LogP contribution < -0.4 is 16.6 Å². The summed E-state index contributed by atoms with van der Waals surface area (Å²) in [4.78, 5) is 46.2. The fourth-order valence-corrected chi connectivity index (χ4v) is 1.59. The van der Waals surface area contributed by atoms with Gasteiger partial charge in [-0.05, 0) is 15.9 Å². The quantitative estimate of drug-likeness (QED) is 0.649. The Morgan fingerprint density at radius 1 is 1.56 bits per heavy atom. The lowest BCUT2D eigenvalue weighted by Crippen LogP contribution is -2.45. The first-order chi connectivity index (χ1) is 8.31. The summed E-state index contributed by atoms with van der Waals surface area (Å²) in [5, 5.41) is 11.1. The van der Waals surface area contributed by atoms with Crippen LogP contribution in [0.5, 0.6) is 0 Å². The van der Waals surface area contributed by atoms with E-state index in [4.69, 9.17) is 5.11 Å². The molecule has 0 fully saturated rings. The second-order valence-electron chi connectivity index (χ2n) is 3.48. The van der Waals surface area contributed by atoms with E-state index in [1.54, 1.807) is 0 Å². The normalized spacial score (nSPS) is 11.9. The number of hydrogen-bond acceptors (Lipinski definition) is 4. The van der Waals surface area contributed by atoms with Crippen LogP contribution in [0.25, 0.3) is 0 Å². The third-order valence-electron chi connectivity index (χ3n) is 2.02. The van der Waals surface area contributed by atoms with Crippen molar-refractivity contribution in [2.75, 3.05) is 0 Å². The van der Waals surface area contributed by atoms with Crippen molar-refractivity contribution in [2.45, 2.75) is 19.5 Å². The topological polar surface area (TPSA) is 121 Å². The highest BCUT2D eigenvalue weighted by Gasteiger charge is 2.19. The van der Waals surface area contributed by atoms with Gasteiger partial charge in [0.15, 0.2) is 0 Å². The van der Waals surface area contributed by atoms with Crippen LogP contribution in [-0.4, -0.2) is 32.6 Å². The van der Waals surface area contributed by atoms with Crippen LogP contribution in [0.4, 0.5) is 0 Å². The molecule has 1 rings (SSSR count). The number of carboxylic acid groups (broad SMARTS) is 1. The Hall–Kier alpha value is -1.90. The van der Waals surface area contributed by atoms with E-state index in [1.807, 2.05) is 4.98 Å². The van der Waals surface area contributed by atoms with Gasteiger partial charge in [-0.1, -0.05) is 0 Å². The molecule has 0 saturated carbocycles. The Bertz CT molecular complexity index is 591. The summed E-state index contributed by atoms with van der Waals surface area (Å²) in [7, 11) is 0. The first kappa shape index (κ1) is 14.2. The average molecular weight is 320 g/mol. The van der Waals surface area contributed by atoms with Crippen LogP contribution in [-0.2, 0) is 16.1 Å². The Morgan fingerprint density at radius 2 is 2.17 bits per heavy atom. The molecule has 1 unspecified atom stereocenters. The lowest BCUT2D eigenvalue weighted by atomic mass is 10.3. The number of H-pyrrole nitrogens is 1. The van der Waals surface area contributed by atoms with Crippen LogP contribution in [0.15, 0.2) is 20.3 Å². The van der Waals surface area contributed by atoms with E-state index in [1.165, 1.54) is 13.1 Å². The number of aromatic nitrogens is 2. The summed E-state index contributed by atoms with van der Waals surface area (Å²) in [6.45, 7) is 0.880. The van der Waals surface area contributed by atoms with E-state index in [0.29, 0.717) is 0 Å². The Kier molecular flexibility index (Phi) is 4.43. The molecular weight excluding hydrogens is 310 g/mol. The molecular formula is C9H10BrN3O5. The maximum atomic E-state index is 11.4. The van der Waals surface area contributed by atoms with Gasteiger partial charge in [-0.25, -0.2) is 9.59 Å². The number of carbonyl (C=O) groups is 2. The van der Waals surface area contributed by atoms with Crippen LogP contribution >= 0.6 is 15.9 Å². The number of aromatic amines is 1. The van der Waals surface area contributed by atoms with Gasteiger partial charge in [-0.2, -0.15) is 0 Å². The molecule has 0 aliphatic rings. The second-order valence-corrected chi connectivity index (χ2v) is 4.33. The van der Waals surface area contributed by atoms with Crippen molar-refractivity contribution in [2.24, 2.45) is 0 Å². The molecule has 1 aromatic rings. The van der Waals surface area contributed by atoms with Crippen LogP contribution in [0, 0.1) is 0 Å². The fourth-order valence-electron chi connectivity index (χ4n) is 1.25. The monoisotopic (exact) mass is 319 g/mol. The first-order valence-corrected chi connectivity index (χ1v) is 5.59. The average Bonchev–Trinajstić information content (AvgIpc) is 2.23. The van der Waals surface area contributed by atoms with Gasteiger partial charge in [0.1, 0.15) is 6.04 Å². The standard InChI is InChI=1S/C9H10BrN3O5/c1-4(14)11-6(8(16)17)3-13-2-5(10)7(15)12-9(13)18/h2,6H,3H2,1H3,(H,11,14)(H,16,17)(H,12,15,18). The third-order valence-corrected chi connectivity index (χ3v) is 2.59. The van der Waals surface area contributed by atoms with Crippen LogP contribution in [0.3, 0.4) is 0 Å². The molecule has 9 heteroatoms. The summed E-state index contributed by atoms with van der Waals surface area (Å²) in [6, 6.07) is -1.25. The minimum absolute atomic E-state index is 0.0917. The van der Waals surface area contributed by atoms with Gasteiger partial charge in [0.2, 0.25) is 5.91 Å². The highest BCUT2D eigenvalue weighted by Crippen LogP contribution is 1.99. The largest absolute Gasteiger partial charge is 0.480 e. The molecule has 0 aliphatic heterocycles. The molecule has 98 valence electrons. The molecule has 0 saturated heterocycles. The molecule has 0 aliphatic carbocycles. The predicted molar refractivity (Wildman–Crippen MR) is 64.3 cm³/mol. The summed E-state index contributed by atoms with van der Waals surface area (Å²) >= 11 is 2.92. The highest BCUT2D eigenvalue weighted by molar-refractivity contribution is 9.10. The molecule has 3 N–H and O–H groups in total. The molecule has 0 aromatic carbocycles. The van der Waals surface area contributed by atoms with E-state index in [0.717, 1.165) is 4.57 Å². The van der Waals surface area contributed by atoms with Gasteiger partial charge in [-0.15, -0.1) is 0 Å². The summed E-state index contributed by atoms with van der Waals surface area (Å²) in [5.41, 5.74) is -1.36. The van der Waals surface area contributed by atoms with Gasteiger partial charge < -0.3 is 10.4 Å². The minimum Gasteiger partial charge on any atom is -0.480 e. The van der Waals surface area contributed by atoms with Crippen molar-refractivity contribution < 1.29 is 14.7 Å². The highest BCUT2D eigenvalue weighted by atomic mass is 79.9. The SMILES string of the molecule is CC(=O)NC(Cn1cc(Br)c(=O)[nH]c1=O)C(=O)O. The molecule has 0 bridgehead atoms. The second kappa shape index (κ2) is 5.63. The number of carboxylic acids is 1. The third kappa shape index (κ3) is 3.55. The maximum Gasteiger partial charge on any atom is 0.328 e. The molecule has 1 atom stereocenters. The van der Waals surface area contributed by atoms with E-state index in [-0.39, 0.29) is 11.0 Å². The number of amides is 1. The van der Waals surface area contributed by atoms with Crippen LogP contribution in [0.2, 0.25) is 0 Å². The van der Waals surface area contributed by atoms with Crippen molar-refractivity contribution in [3.8, 4) is 0 Å². The number of rotatable bonds is 4. The summed E-state index contributed by atoms with van der Waals surface area (Å²) in [6.07, 6.45) is 1.17. The Balaban J connectivity index is 3.04.